The molecule has 150 valence electrons. The van der Waals surface area contributed by atoms with Gasteiger partial charge in [-0.3, -0.25) is 5.10 Å². The lowest BCUT2D eigenvalue weighted by molar-refractivity contribution is 0.308. The van der Waals surface area contributed by atoms with Crippen LogP contribution in [0.25, 0.3) is 38.5 Å². The standard InChI is InChI=1S/C23H16N6OS/c1-2-8-16(9-3-1)18-13-19(25-24-18)22-26-27-23-29(22)28-21(31-23)14-30-20-12-6-10-15-7-4-5-11-17(15)20/h1-13H,14H2,(H,24,25). The monoisotopic (exact) mass is 424 g/mol. The summed E-state index contributed by atoms with van der Waals surface area (Å²) in [5.74, 6) is 1.46. The average Bonchev–Trinajstić information content (AvgIpc) is 3.54. The Morgan fingerprint density at radius 3 is 2.68 bits per heavy atom. The van der Waals surface area contributed by atoms with Crippen molar-refractivity contribution in [1.29, 1.82) is 0 Å². The van der Waals surface area contributed by atoms with E-state index in [0.717, 1.165) is 38.5 Å². The maximum atomic E-state index is 6.08. The average molecular weight is 424 g/mol. The van der Waals surface area contributed by atoms with Crippen LogP contribution in [0, 0.1) is 0 Å². The van der Waals surface area contributed by atoms with Gasteiger partial charge in [-0.15, -0.1) is 10.2 Å². The third kappa shape index (κ3) is 3.23. The van der Waals surface area contributed by atoms with Crippen LogP contribution in [0.4, 0.5) is 0 Å². The molecule has 0 amide bonds. The van der Waals surface area contributed by atoms with Gasteiger partial charge in [0.15, 0.2) is 5.01 Å². The number of ether oxygens (including phenoxy) is 1. The number of benzene rings is 3. The van der Waals surface area contributed by atoms with Crippen LogP contribution in [-0.4, -0.2) is 30.0 Å². The van der Waals surface area contributed by atoms with Gasteiger partial charge < -0.3 is 4.74 Å². The molecule has 3 aromatic heterocycles. The van der Waals surface area contributed by atoms with E-state index in [9.17, 15) is 0 Å². The minimum atomic E-state index is 0.361. The molecule has 1 N–H and O–H groups in total. The Bertz CT molecular complexity index is 1500. The zero-order valence-corrected chi connectivity index (χ0v) is 17.1. The van der Waals surface area contributed by atoms with Gasteiger partial charge in [0.05, 0.1) is 5.69 Å². The Kier molecular flexibility index (Phi) is 4.21. The third-order valence-corrected chi connectivity index (χ3v) is 5.89. The number of rotatable bonds is 5. The Morgan fingerprint density at radius 1 is 0.903 bits per heavy atom. The molecule has 0 aliphatic carbocycles. The van der Waals surface area contributed by atoms with E-state index in [0.29, 0.717) is 17.4 Å². The van der Waals surface area contributed by atoms with Gasteiger partial charge in [-0.1, -0.05) is 78.1 Å². The van der Waals surface area contributed by atoms with Gasteiger partial charge in [-0.2, -0.15) is 14.7 Å². The quantitative estimate of drug-likeness (QED) is 0.422. The summed E-state index contributed by atoms with van der Waals surface area (Å²) in [7, 11) is 0. The summed E-state index contributed by atoms with van der Waals surface area (Å²) in [6.07, 6.45) is 0. The van der Waals surface area contributed by atoms with Crippen molar-refractivity contribution in [2.45, 2.75) is 6.61 Å². The van der Waals surface area contributed by atoms with Crippen LogP contribution < -0.4 is 4.74 Å². The van der Waals surface area contributed by atoms with Crippen LogP contribution in [0.15, 0.2) is 78.9 Å². The minimum Gasteiger partial charge on any atom is -0.486 e. The first-order valence-corrected chi connectivity index (χ1v) is 10.6. The van der Waals surface area contributed by atoms with Crippen LogP contribution in [0.2, 0.25) is 0 Å². The molecule has 0 radical (unpaired) electrons. The van der Waals surface area contributed by atoms with Gasteiger partial charge in [0, 0.05) is 10.9 Å². The normalized spacial score (nSPS) is 11.4. The second-order valence-corrected chi connectivity index (χ2v) is 8.05. The molecule has 0 saturated heterocycles. The number of H-pyrrole nitrogens is 1. The molecule has 3 heterocycles. The Balaban J connectivity index is 1.28. The molecule has 6 rings (SSSR count). The van der Waals surface area contributed by atoms with E-state index in [1.807, 2.05) is 60.7 Å². The van der Waals surface area contributed by atoms with E-state index < -0.39 is 0 Å². The van der Waals surface area contributed by atoms with Crippen LogP contribution in [0.1, 0.15) is 5.01 Å². The van der Waals surface area contributed by atoms with Crippen molar-refractivity contribution >= 4 is 27.1 Å². The first-order valence-electron chi connectivity index (χ1n) is 9.78. The number of hydrogen-bond acceptors (Lipinski definition) is 6. The summed E-state index contributed by atoms with van der Waals surface area (Å²) in [6, 6.07) is 26.2. The number of aromatic amines is 1. The van der Waals surface area contributed by atoms with Crippen molar-refractivity contribution in [3.8, 4) is 28.5 Å². The molecule has 0 saturated carbocycles. The van der Waals surface area contributed by atoms with Crippen molar-refractivity contribution < 1.29 is 4.74 Å². The maximum Gasteiger partial charge on any atom is 0.235 e. The van der Waals surface area contributed by atoms with E-state index in [1.54, 1.807) is 4.52 Å². The number of fused-ring (bicyclic) bond motifs is 2. The second-order valence-electron chi connectivity index (χ2n) is 7.01. The highest BCUT2D eigenvalue weighted by atomic mass is 32.1. The fourth-order valence-electron chi connectivity index (χ4n) is 3.54. The predicted octanol–water partition coefficient (Wildman–Crippen LogP) is 4.98. The molecule has 7 nitrogen and oxygen atoms in total. The molecule has 0 fully saturated rings. The Morgan fingerprint density at radius 2 is 1.74 bits per heavy atom. The highest BCUT2D eigenvalue weighted by Gasteiger charge is 2.16. The van der Waals surface area contributed by atoms with E-state index in [4.69, 9.17) is 4.74 Å². The van der Waals surface area contributed by atoms with Crippen molar-refractivity contribution in [3.63, 3.8) is 0 Å². The minimum absolute atomic E-state index is 0.361. The largest absolute Gasteiger partial charge is 0.486 e. The summed E-state index contributed by atoms with van der Waals surface area (Å²) < 4.78 is 7.81. The first kappa shape index (κ1) is 17.8. The SMILES string of the molecule is c1ccc(-c2cc(-c3nnc4sc(COc5cccc6ccccc56)nn34)[nH]n2)cc1. The molecule has 0 spiro atoms. The van der Waals surface area contributed by atoms with Crippen molar-refractivity contribution in [2.75, 3.05) is 0 Å². The van der Waals surface area contributed by atoms with Crippen molar-refractivity contribution in [3.05, 3.63) is 83.9 Å². The highest BCUT2D eigenvalue weighted by Crippen LogP contribution is 2.28. The lowest BCUT2D eigenvalue weighted by Gasteiger charge is -2.07. The maximum absolute atomic E-state index is 6.08. The van der Waals surface area contributed by atoms with Gasteiger partial charge in [0.25, 0.3) is 0 Å². The Labute approximate surface area is 181 Å². The van der Waals surface area contributed by atoms with Crippen molar-refractivity contribution in [2.24, 2.45) is 0 Å². The summed E-state index contributed by atoms with van der Waals surface area (Å²) in [5, 5.41) is 23.7. The van der Waals surface area contributed by atoms with Crippen LogP contribution >= 0.6 is 11.3 Å². The van der Waals surface area contributed by atoms with E-state index >= 15 is 0 Å². The van der Waals surface area contributed by atoms with Gasteiger partial charge in [0.2, 0.25) is 10.8 Å². The fourth-order valence-corrected chi connectivity index (χ4v) is 4.28. The lowest BCUT2D eigenvalue weighted by atomic mass is 10.1. The summed E-state index contributed by atoms with van der Waals surface area (Å²) >= 11 is 1.46. The molecule has 0 bridgehead atoms. The van der Waals surface area contributed by atoms with Gasteiger partial charge in [-0.05, 0) is 17.5 Å². The second kappa shape index (κ2) is 7.33. The first-order chi connectivity index (χ1) is 15.3. The Hall–Kier alpha value is -4.04. The molecule has 0 atom stereocenters. The summed E-state index contributed by atoms with van der Waals surface area (Å²) in [4.78, 5) is 0.711. The molecule has 0 aliphatic rings. The number of aromatic nitrogens is 6. The molecule has 0 aliphatic heterocycles. The number of hydrogen-bond donors (Lipinski definition) is 1. The molecule has 3 aromatic carbocycles. The number of nitrogens with zero attached hydrogens (tertiary/aromatic N) is 5. The topological polar surface area (TPSA) is 81.0 Å². The summed E-state index contributed by atoms with van der Waals surface area (Å²) in [5.41, 5.74) is 2.65. The molecule has 31 heavy (non-hydrogen) atoms. The van der Waals surface area contributed by atoms with Gasteiger partial charge >= 0.3 is 0 Å². The highest BCUT2D eigenvalue weighted by molar-refractivity contribution is 7.16. The van der Waals surface area contributed by atoms with Gasteiger partial charge in [-0.25, -0.2) is 0 Å². The molecular weight excluding hydrogens is 408 g/mol. The van der Waals surface area contributed by atoms with Crippen molar-refractivity contribution in [1.82, 2.24) is 30.0 Å². The van der Waals surface area contributed by atoms with Crippen LogP contribution in [0.5, 0.6) is 5.75 Å². The van der Waals surface area contributed by atoms with Gasteiger partial charge in [0.1, 0.15) is 18.1 Å². The predicted molar refractivity (Wildman–Crippen MR) is 120 cm³/mol. The van der Waals surface area contributed by atoms with E-state index in [-0.39, 0.29) is 0 Å². The van der Waals surface area contributed by atoms with E-state index in [2.05, 4.69) is 43.7 Å². The zero-order valence-electron chi connectivity index (χ0n) is 16.3. The molecule has 0 unspecified atom stereocenters. The number of nitrogens with one attached hydrogen (secondary N) is 1. The van der Waals surface area contributed by atoms with Crippen LogP contribution in [-0.2, 0) is 6.61 Å². The van der Waals surface area contributed by atoms with E-state index in [1.165, 1.54) is 11.3 Å². The zero-order chi connectivity index (χ0) is 20.6. The molecular formula is C23H16N6OS. The fraction of sp³-hybridized carbons (Fsp3) is 0.0435. The lowest BCUT2D eigenvalue weighted by Crippen LogP contribution is -1.98. The molecule has 6 aromatic rings. The summed E-state index contributed by atoms with van der Waals surface area (Å²) in [6.45, 7) is 0.361. The smallest absolute Gasteiger partial charge is 0.235 e. The van der Waals surface area contributed by atoms with Crippen LogP contribution in [0.3, 0.4) is 0 Å². The third-order valence-electron chi connectivity index (χ3n) is 5.02. The molecule has 8 heteroatoms.